The summed E-state index contributed by atoms with van der Waals surface area (Å²) in [7, 11) is 0. The topological polar surface area (TPSA) is 96.3 Å². The second-order valence-corrected chi connectivity index (χ2v) is 9.73. The van der Waals surface area contributed by atoms with E-state index < -0.39 is 5.54 Å². The Hall–Kier alpha value is -3.16. The molecule has 2 N–H and O–H groups in total. The van der Waals surface area contributed by atoms with Gasteiger partial charge < -0.3 is 20.1 Å². The Morgan fingerprint density at radius 3 is 2.50 bits per heavy atom. The molecule has 0 fully saturated rings. The van der Waals surface area contributed by atoms with Crippen molar-refractivity contribution in [1.29, 1.82) is 0 Å². The Kier molecular flexibility index (Phi) is 8.12. The van der Waals surface area contributed by atoms with Gasteiger partial charge in [-0.25, -0.2) is 4.98 Å². The van der Waals surface area contributed by atoms with Gasteiger partial charge >= 0.3 is 0 Å². The summed E-state index contributed by atoms with van der Waals surface area (Å²) >= 11 is 0. The quantitative estimate of drug-likeness (QED) is 0.562. The third-order valence-corrected chi connectivity index (χ3v) is 6.34. The molecule has 8 heteroatoms. The molecule has 2 heterocycles. The van der Waals surface area contributed by atoms with Gasteiger partial charge in [-0.15, -0.1) is 0 Å². The van der Waals surface area contributed by atoms with Crippen LogP contribution in [0.25, 0.3) is 0 Å². The molecule has 0 saturated carbocycles. The molecule has 0 radical (unpaired) electrons. The first-order chi connectivity index (χ1) is 16.2. The van der Waals surface area contributed by atoms with Crippen molar-refractivity contribution in [2.75, 3.05) is 19.6 Å². The van der Waals surface area contributed by atoms with E-state index in [2.05, 4.69) is 29.5 Å². The number of nitrogens with one attached hydrogen (secondary N) is 2. The molecule has 2 aromatic rings. The SMILES string of the molecule is CCCN1C(=O)c2c(C(=O)NCCc3ccc(C)cc3)ncn2CC1(C)C(=O)NCCC(C)C. The monoisotopic (exact) mass is 467 g/mol. The van der Waals surface area contributed by atoms with Crippen molar-refractivity contribution in [1.82, 2.24) is 25.1 Å². The lowest BCUT2D eigenvalue weighted by molar-refractivity contribution is -0.132. The van der Waals surface area contributed by atoms with Crippen molar-refractivity contribution in [3.8, 4) is 0 Å². The molecular weight excluding hydrogens is 430 g/mol. The number of nitrogens with zero attached hydrogens (tertiary/aromatic N) is 3. The van der Waals surface area contributed by atoms with Crippen molar-refractivity contribution < 1.29 is 14.4 Å². The Labute approximate surface area is 202 Å². The van der Waals surface area contributed by atoms with E-state index in [4.69, 9.17) is 0 Å². The summed E-state index contributed by atoms with van der Waals surface area (Å²) in [5, 5.41) is 5.88. The zero-order valence-corrected chi connectivity index (χ0v) is 21.0. The third kappa shape index (κ3) is 5.48. The third-order valence-electron chi connectivity index (χ3n) is 6.34. The Balaban J connectivity index is 1.75. The highest BCUT2D eigenvalue weighted by atomic mass is 16.2. The molecule has 1 aromatic heterocycles. The number of aryl methyl sites for hydroxylation is 1. The lowest BCUT2D eigenvalue weighted by Crippen LogP contribution is -2.64. The summed E-state index contributed by atoms with van der Waals surface area (Å²) in [6, 6.07) is 8.16. The minimum Gasteiger partial charge on any atom is -0.354 e. The number of rotatable bonds is 10. The number of imidazole rings is 1. The lowest BCUT2D eigenvalue weighted by Gasteiger charge is -2.43. The molecule has 1 aromatic carbocycles. The predicted octanol–water partition coefficient (Wildman–Crippen LogP) is 2.95. The zero-order chi connectivity index (χ0) is 24.9. The molecule has 1 atom stereocenters. The second kappa shape index (κ2) is 10.8. The van der Waals surface area contributed by atoms with Gasteiger partial charge in [-0.3, -0.25) is 14.4 Å². The lowest BCUT2D eigenvalue weighted by atomic mass is 9.93. The fourth-order valence-corrected chi connectivity index (χ4v) is 4.25. The van der Waals surface area contributed by atoms with Gasteiger partial charge in [-0.2, -0.15) is 0 Å². The van der Waals surface area contributed by atoms with Crippen LogP contribution in [0.5, 0.6) is 0 Å². The molecule has 34 heavy (non-hydrogen) atoms. The first-order valence-electron chi connectivity index (χ1n) is 12.2. The highest BCUT2D eigenvalue weighted by Crippen LogP contribution is 2.29. The smallest absolute Gasteiger partial charge is 0.273 e. The predicted molar refractivity (Wildman–Crippen MR) is 132 cm³/mol. The Bertz CT molecular complexity index is 1030. The van der Waals surface area contributed by atoms with Crippen LogP contribution in [0.2, 0.25) is 0 Å². The average molecular weight is 468 g/mol. The van der Waals surface area contributed by atoms with E-state index in [9.17, 15) is 14.4 Å². The van der Waals surface area contributed by atoms with E-state index in [-0.39, 0.29) is 35.7 Å². The molecule has 1 aliphatic heterocycles. The van der Waals surface area contributed by atoms with E-state index in [1.165, 1.54) is 11.9 Å². The van der Waals surface area contributed by atoms with Gasteiger partial charge in [0.1, 0.15) is 11.2 Å². The molecule has 3 amide bonds. The molecule has 0 saturated heterocycles. The second-order valence-electron chi connectivity index (χ2n) is 9.73. The standard InChI is InChI=1S/C26H37N5O3/c1-6-15-31-24(33)22-21(23(32)27-14-12-20-9-7-19(4)8-10-20)29-17-30(22)16-26(31,5)25(34)28-13-11-18(2)3/h7-10,17-18H,6,11-16H2,1-5H3,(H,27,32)(H,28,34). The zero-order valence-electron chi connectivity index (χ0n) is 21.0. The number of benzene rings is 1. The van der Waals surface area contributed by atoms with Crippen LogP contribution in [0, 0.1) is 12.8 Å². The van der Waals surface area contributed by atoms with Crippen LogP contribution in [0.1, 0.15) is 72.6 Å². The van der Waals surface area contributed by atoms with E-state index in [0.717, 1.165) is 12.0 Å². The molecule has 1 unspecified atom stereocenters. The average Bonchev–Trinajstić information content (AvgIpc) is 3.21. The number of fused-ring (bicyclic) bond motifs is 1. The number of aromatic nitrogens is 2. The number of hydrogen-bond donors (Lipinski definition) is 2. The van der Waals surface area contributed by atoms with Crippen LogP contribution in [0.15, 0.2) is 30.6 Å². The Morgan fingerprint density at radius 1 is 1.15 bits per heavy atom. The maximum absolute atomic E-state index is 13.5. The van der Waals surface area contributed by atoms with Crippen molar-refractivity contribution in [2.45, 2.75) is 66.0 Å². The van der Waals surface area contributed by atoms with E-state index in [1.807, 2.05) is 38.1 Å². The van der Waals surface area contributed by atoms with Gasteiger partial charge in [0.05, 0.1) is 12.9 Å². The van der Waals surface area contributed by atoms with Crippen LogP contribution in [0.3, 0.4) is 0 Å². The van der Waals surface area contributed by atoms with Crippen molar-refractivity contribution in [3.05, 3.63) is 53.1 Å². The van der Waals surface area contributed by atoms with Gasteiger partial charge in [0, 0.05) is 19.6 Å². The van der Waals surface area contributed by atoms with Gasteiger partial charge in [0.25, 0.3) is 11.8 Å². The van der Waals surface area contributed by atoms with Crippen LogP contribution in [-0.2, 0) is 17.8 Å². The molecule has 0 bridgehead atoms. The molecule has 1 aliphatic rings. The van der Waals surface area contributed by atoms with Crippen LogP contribution in [-0.4, -0.2) is 57.3 Å². The number of hydrogen-bond acceptors (Lipinski definition) is 4. The maximum atomic E-state index is 13.5. The van der Waals surface area contributed by atoms with E-state index >= 15 is 0 Å². The van der Waals surface area contributed by atoms with E-state index in [0.29, 0.717) is 38.4 Å². The molecule has 0 spiro atoms. The van der Waals surface area contributed by atoms with Crippen molar-refractivity contribution in [3.63, 3.8) is 0 Å². The number of carbonyl (C=O) groups is 3. The summed E-state index contributed by atoms with van der Waals surface area (Å²) < 4.78 is 1.64. The van der Waals surface area contributed by atoms with Gasteiger partial charge in [-0.05, 0) is 44.6 Å². The molecule has 3 rings (SSSR count). The van der Waals surface area contributed by atoms with Gasteiger partial charge in [-0.1, -0.05) is 50.6 Å². The molecule has 184 valence electrons. The maximum Gasteiger partial charge on any atom is 0.273 e. The summed E-state index contributed by atoms with van der Waals surface area (Å²) in [5.41, 5.74) is 1.62. The van der Waals surface area contributed by atoms with Crippen molar-refractivity contribution >= 4 is 17.7 Å². The van der Waals surface area contributed by atoms with Gasteiger partial charge in [0.15, 0.2) is 5.69 Å². The van der Waals surface area contributed by atoms with Crippen LogP contribution >= 0.6 is 0 Å². The first-order valence-corrected chi connectivity index (χ1v) is 12.2. The van der Waals surface area contributed by atoms with E-state index in [1.54, 1.807) is 16.4 Å². The largest absolute Gasteiger partial charge is 0.354 e. The number of carbonyl (C=O) groups excluding carboxylic acids is 3. The summed E-state index contributed by atoms with van der Waals surface area (Å²) in [4.78, 5) is 45.4. The summed E-state index contributed by atoms with van der Waals surface area (Å²) in [5.74, 6) is -0.426. The molecule has 0 aliphatic carbocycles. The minimum absolute atomic E-state index is 0.109. The molecule has 8 nitrogen and oxygen atoms in total. The Morgan fingerprint density at radius 2 is 1.85 bits per heavy atom. The first kappa shape index (κ1) is 25.5. The summed E-state index contributed by atoms with van der Waals surface area (Å²) in [6.45, 7) is 11.7. The van der Waals surface area contributed by atoms with Crippen LogP contribution in [0.4, 0.5) is 0 Å². The van der Waals surface area contributed by atoms with Gasteiger partial charge in [0.2, 0.25) is 5.91 Å². The summed E-state index contributed by atoms with van der Waals surface area (Å²) in [6.07, 6.45) is 3.75. The minimum atomic E-state index is -1.04. The normalized spacial score (nSPS) is 17.6. The van der Waals surface area contributed by atoms with Crippen LogP contribution < -0.4 is 10.6 Å². The highest BCUT2D eigenvalue weighted by molar-refractivity contribution is 6.07. The number of amides is 3. The molecular formula is C26H37N5O3. The fraction of sp³-hybridized carbons (Fsp3) is 0.538. The fourth-order valence-electron chi connectivity index (χ4n) is 4.25. The van der Waals surface area contributed by atoms with Crippen molar-refractivity contribution in [2.24, 2.45) is 5.92 Å². The highest BCUT2D eigenvalue weighted by Gasteiger charge is 2.48.